The minimum absolute atomic E-state index is 0.671. The summed E-state index contributed by atoms with van der Waals surface area (Å²) in [5.74, 6) is 3.63. The number of hydrogen-bond donors (Lipinski definition) is 0. The lowest BCUT2D eigenvalue weighted by molar-refractivity contribution is 0.154. The van der Waals surface area contributed by atoms with Gasteiger partial charge in [0.15, 0.2) is 0 Å². The molecule has 0 N–H and O–H groups in total. The molecule has 0 bridgehead atoms. The molecule has 1 aromatic carbocycles. The van der Waals surface area contributed by atoms with Crippen molar-refractivity contribution in [2.24, 2.45) is 17.8 Å². The van der Waals surface area contributed by atoms with Gasteiger partial charge in [-0.05, 0) is 86.3 Å². The van der Waals surface area contributed by atoms with Crippen LogP contribution in [0.3, 0.4) is 0 Å². The summed E-state index contributed by atoms with van der Waals surface area (Å²) in [7, 11) is 1.80. The number of methoxy groups -OCH3 is 1. The van der Waals surface area contributed by atoms with E-state index in [-0.39, 0.29) is 0 Å². The summed E-state index contributed by atoms with van der Waals surface area (Å²) < 4.78 is 5.15. The predicted octanol–water partition coefficient (Wildman–Crippen LogP) is 8.28. The molecule has 0 unspecified atom stereocenters. The third kappa shape index (κ3) is 6.38. The van der Waals surface area contributed by atoms with Gasteiger partial charge in [0.25, 0.3) is 0 Å². The van der Waals surface area contributed by atoms with Crippen molar-refractivity contribution in [1.82, 2.24) is 0 Å². The van der Waals surface area contributed by atoms with Crippen molar-refractivity contribution in [2.45, 2.75) is 83.0 Å². The maximum absolute atomic E-state index is 6.22. The second-order valence-corrected chi connectivity index (χ2v) is 9.72. The van der Waals surface area contributed by atoms with E-state index in [1.54, 1.807) is 7.11 Å². The summed E-state index contributed by atoms with van der Waals surface area (Å²) in [6.45, 7) is 0.928. The van der Waals surface area contributed by atoms with Crippen LogP contribution in [-0.4, -0.2) is 13.7 Å². The average Bonchev–Trinajstić information content (AvgIpc) is 2.71. The Balaban J connectivity index is 1.36. The largest absolute Gasteiger partial charge is 0.385 e. The van der Waals surface area contributed by atoms with Gasteiger partial charge in [-0.25, -0.2) is 0 Å². The van der Waals surface area contributed by atoms with Gasteiger partial charge in [-0.1, -0.05) is 61.4 Å². The first-order valence-corrected chi connectivity index (χ1v) is 11.9. The fraction of sp³-hybridized carbons (Fsp3) is 0.750. The fourth-order valence-electron chi connectivity index (χ4n) is 5.49. The summed E-state index contributed by atoms with van der Waals surface area (Å²) >= 11 is 12.3. The van der Waals surface area contributed by atoms with E-state index < -0.39 is 0 Å². The SMILES string of the molecule is COCCCCC[C@H]1CC[C@H]([C@H]2CC[C@H](c3ccc(Cl)c(Cl)c3)CC2)CC1. The number of benzene rings is 1. The van der Waals surface area contributed by atoms with E-state index in [2.05, 4.69) is 12.1 Å². The van der Waals surface area contributed by atoms with Gasteiger partial charge in [0, 0.05) is 13.7 Å². The van der Waals surface area contributed by atoms with E-state index in [1.165, 1.54) is 82.6 Å². The third-order valence-corrected chi connectivity index (χ3v) is 7.94. The highest BCUT2D eigenvalue weighted by molar-refractivity contribution is 6.42. The highest BCUT2D eigenvalue weighted by atomic mass is 35.5. The first kappa shape index (κ1) is 21.5. The van der Waals surface area contributed by atoms with Gasteiger partial charge in [0.05, 0.1) is 10.0 Å². The molecule has 2 aliphatic carbocycles. The molecule has 0 aromatic heterocycles. The molecule has 0 atom stereocenters. The lowest BCUT2D eigenvalue weighted by Crippen LogP contribution is -2.25. The lowest BCUT2D eigenvalue weighted by Gasteiger charge is -2.38. The van der Waals surface area contributed by atoms with Crippen molar-refractivity contribution in [3.8, 4) is 0 Å². The van der Waals surface area contributed by atoms with Crippen LogP contribution in [0, 0.1) is 17.8 Å². The number of hydrogen-bond acceptors (Lipinski definition) is 1. The third-order valence-electron chi connectivity index (χ3n) is 7.21. The van der Waals surface area contributed by atoms with E-state index >= 15 is 0 Å². The van der Waals surface area contributed by atoms with Crippen LogP contribution in [0.5, 0.6) is 0 Å². The monoisotopic (exact) mass is 410 g/mol. The minimum Gasteiger partial charge on any atom is -0.385 e. The summed E-state index contributed by atoms with van der Waals surface area (Å²) in [6, 6.07) is 6.23. The Morgan fingerprint density at radius 2 is 1.48 bits per heavy atom. The zero-order valence-corrected chi connectivity index (χ0v) is 18.4. The van der Waals surface area contributed by atoms with Crippen molar-refractivity contribution < 1.29 is 4.74 Å². The maximum atomic E-state index is 6.22. The van der Waals surface area contributed by atoms with Gasteiger partial charge in [0.2, 0.25) is 0 Å². The Hall–Kier alpha value is -0.240. The molecule has 0 saturated heterocycles. The number of halogens is 2. The summed E-state index contributed by atoms with van der Waals surface area (Å²) in [4.78, 5) is 0. The quantitative estimate of drug-likeness (QED) is 0.391. The molecule has 3 heteroatoms. The Bertz CT molecular complexity index is 557. The first-order chi connectivity index (χ1) is 13.2. The van der Waals surface area contributed by atoms with E-state index in [9.17, 15) is 0 Å². The van der Waals surface area contributed by atoms with E-state index in [0.717, 1.165) is 24.4 Å². The Kier molecular flexibility index (Phi) is 8.81. The van der Waals surface area contributed by atoms with Gasteiger partial charge in [-0.3, -0.25) is 0 Å². The van der Waals surface area contributed by atoms with Gasteiger partial charge in [-0.2, -0.15) is 0 Å². The molecular weight excluding hydrogens is 375 g/mol. The predicted molar refractivity (Wildman–Crippen MR) is 117 cm³/mol. The normalized spacial score (nSPS) is 29.0. The maximum Gasteiger partial charge on any atom is 0.0595 e. The zero-order valence-electron chi connectivity index (χ0n) is 16.9. The Labute approximate surface area is 176 Å². The second-order valence-electron chi connectivity index (χ2n) is 8.91. The van der Waals surface area contributed by atoms with E-state index in [0.29, 0.717) is 16.0 Å². The summed E-state index contributed by atoms with van der Waals surface area (Å²) in [5, 5.41) is 1.38. The Morgan fingerprint density at radius 3 is 2.11 bits per heavy atom. The van der Waals surface area contributed by atoms with Gasteiger partial charge in [0.1, 0.15) is 0 Å². The van der Waals surface area contributed by atoms with Crippen LogP contribution in [0.1, 0.15) is 88.5 Å². The van der Waals surface area contributed by atoms with Crippen molar-refractivity contribution in [1.29, 1.82) is 0 Å². The lowest BCUT2D eigenvalue weighted by atomic mass is 9.68. The molecule has 0 amide bonds. The highest BCUT2D eigenvalue weighted by Gasteiger charge is 2.31. The average molecular weight is 411 g/mol. The molecule has 0 radical (unpaired) electrons. The molecule has 27 heavy (non-hydrogen) atoms. The molecule has 0 spiro atoms. The van der Waals surface area contributed by atoms with Crippen LogP contribution < -0.4 is 0 Å². The van der Waals surface area contributed by atoms with Crippen LogP contribution in [0.15, 0.2) is 18.2 Å². The molecule has 1 aromatic rings. The molecule has 3 rings (SSSR count). The zero-order chi connectivity index (χ0) is 19.1. The van der Waals surface area contributed by atoms with Crippen molar-refractivity contribution in [3.05, 3.63) is 33.8 Å². The number of ether oxygens (including phenoxy) is 1. The summed E-state index contributed by atoms with van der Waals surface area (Å²) in [6.07, 6.45) is 16.8. The topological polar surface area (TPSA) is 9.23 Å². The molecule has 2 aliphatic rings. The molecule has 152 valence electrons. The van der Waals surface area contributed by atoms with Crippen LogP contribution in [0.25, 0.3) is 0 Å². The van der Waals surface area contributed by atoms with Gasteiger partial charge >= 0.3 is 0 Å². The summed E-state index contributed by atoms with van der Waals surface area (Å²) in [5.41, 5.74) is 1.39. The molecular formula is C24H36Cl2O. The molecule has 2 saturated carbocycles. The van der Waals surface area contributed by atoms with Crippen LogP contribution >= 0.6 is 23.2 Å². The molecule has 1 nitrogen and oxygen atoms in total. The van der Waals surface area contributed by atoms with Gasteiger partial charge in [-0.15, -0.1) is 0 Å². The second kappa shape index (κ2) is 11.1. The standard InChI is InChI=1S/C24H36Cl2O/c1-27-16-4-2-3-5-18-6-8-19(9-7-18)20-10-12-21(13-11-20)22-14-15-23(25)24(26)17-22/h14-15,17-21H,2-13,16H2,1H3/t18-,19-,20-,21-. The Morgan fingerprint density at radius 1 is 0.815 bits per heavy atom. The smallest absolute Gasteiger partial charge is 0.0595 e. The molecule has 0 heterocycles. The fourth-order valence-corrected chi connectivity index (χ4v) is 5.80. The van der Waals surface area contributed by atoms with Crippen molar-refractivity contribution >= 4 is 23.2 Å². The van der Waals surface area contributed by atoms with E-state index in [1.807, 2.05) is 6.07 Å². The number of rotatable bonds is 8. The van der Waals surface area contributed by atoms with Gasteiger partial charge < -0.3 is 4.74 Å². The first-order valence-electron chi connectivity index (χ1n) is 11.1. The van der Waals surface area contributed by atoms with Crippen LogP contribution in [0.4, 0.5) is 0 Å². The molecule has 2 fully saturated rings. The highest BCUT2D eigenvalue weighted by Crippen LogP contribution is 2.45. The van der Waals surface area contributed by atoms with E-state index in [4.69, 9.17) is 27.9 Å². The van der Waals surface area contributed by atoms with Crippen molar-refractivity contribution in [3.63, 3.8) is 0 Å². The van der Waals surface area contributed by atoms with Crippen LogP contribution in [-0.2, 0) is 4.74 Å². The van der Waals surface area contributed by atoms with Crippen LogP contribution in [0.2, 0.25) is 10.0 Å². The molecule has 0 aliphatic heterocycles. The van der Waals surface area contributed by atoms with Crippen molar-refractivity contribution in [2.75, 3.05) is 13.7 Å². The number of unbranched alkanes of at least 4 members (excludes halogenated alkanes) is 2. The minimum atomic E-state index is 0.671.